The third-order valence-corrected chi connectivity index (χ3v) is 4.84. The maximum atomic E-state index is 2.44. The van der Waals surface area contributed by atoms with Gasteiger partial charge in [-0.2, -0.15) is 0 Å². The molecule has 1 heteroatoms. The van der Waals surface area contributed by atoms with Gasteiger partial charge < -0.3 is 4.57 Å². The molecule has 1 unspecified atom stereocenters. The standard InChI is InChI=1S/C20H21N/c1-15-9-10-17-11-12-21(20(17)13-15)14-18-7-4-6-16-5-2-3-8-19(16)18/h2-3,5,8-13,18H,4,6-7,14H2,1H3. The van der Waals surface area contributed by atoms with Gasteiger partial charge >= 0.3 is 0 Å². The fourth-order valence-electron chi connectivity index (χ4n) is 3.73. The van der Waals surface area contributed by atoms with Crippen molar-refractivity contribution in [3.05, 3.63) is 71.4 Å². The van der Waals surface area contributed by atoms with Crippen LogP contribution in [0.4, 0.5) is 0 Å². The van der Waals surface area contributed by atoms with E-state index in [1.807, 2.05) is 0 Å². The zero-order valence-corrected chi connectivity index (χ0v) is 12.5. The first kappa shape index (κ1) is 12.7. The van der Waals surface area contributed by atoms with E-state index in [4.69, 9.17) is 0 Å². The Morgan fingerprint density at radius 2 is 2.00 bits per heavy atom. The first-order valence-electron chi connectivity index (χ1n) is 7.94. The third kappa shape index (κ3) is 2.27. The molecular formula is C20H21N. The van der Waals surface area contributed by atoms with E-state index < -0.39 is 0 Å². The second-order valence-electron chi connectivity index (χ2n) is 6.32. The van der Waals surface area contributed by atoms with Gasteiger partial charge in [0.15, 0.2) is 0 Å². The molecule has 0 saturated carbocycles. The summed E-state index contributed by atoms with van der Waals surface area (Å²) in [7, 11) is 0. The summed E-state index contributed by atoms with van der Waals surface area (Å²) in [5.74, 6) is 0.658. The van der Waals surface area contributed by atoms with Gasteiger partial charge in [0.05, 0.1) is 0 Å². The summed E-state index contributed by atoms with van der Waals surface area (Å²) in [5, 5.41) is 1.35. The van der Waals surface area contributed by atoms with Crippen LogP contribution in [0.2, 0.25) is 0 Å². The molecule has 0 spiro atoms. The molecule has 0 fully saturated rings. The second kappa shape index (κ2) is 5.07. The molecule has 0 aliphatic heterocycles. The third-order valence-electron chi connectivity index (χ3n) is 4.84. The highest BCUT2D eigenvalue weighted by atomic mass is 15.0. The number of benzene rings is 2. The molecule has 1 atom stereocenters. The predicted octanol–water partition coefficient (Wildman–Crippen LogP) is 5.07. The van der Waals surface area contributed by atoms with Crippen LogP contribution in [0.25, 0.3) is 10.9 Å². The van der Waals surface area contributed by atoms with Gasteiger partial charge in [-0.3, -0.25) is 0 Å². The van der Waals surface area contributed by atoms with Gasteiger partial charge in [-0.15, -0.1) is 0 Å². The van der Waals surface area contributed by atoms with Gasteiger partial charge in [0, 0.05) is 24.2 Å². The Bertz CT molecular complexity index is 781. The Balaban J connectivity index is 1.71. The number of rotatable bonds is 2. The first-order valence-corrected chi connectivity index (χ1v) is 7.94. The van der Waals surface area contributed by atoms with Crippen molar-refractivity contribution in [2.75, 3.05) is 0 Å². The molecule has 0 radical (unpaired) electrons. The first-order chi connectivity index (χ1) is 10.3. The van der Waals surface area contributed by atoms with Gasteiger partial charge in [-0.05, 0) is 60.4 Å². The van der Waals surface area contributed by atoms with Crippen LogP contribution in [0.5, 0.6) is 0 Å². The van der Waals surface area contributed by atoms with E-state index in [0.29, 0.717) is 5.92 Å². The lowest BCUT2D eigenvalue weighted by Gasteiger charge is -2.26. The lowest BCUT2D eigenvalue weighted by molar-refractivity contribution is 0.490. The summed E-state index contributed by atoms with van der Waals surface area (Å²) in [6.07, 6.45) is 6.13. The summed E-state index contributed by atoms with van der Waals surface area (Å²) >= 11 is 0. The average Bonchev–Trinajstić information content (AvgIpc) is 2.90. The van der Waals surface area contributed by atoms with Crippen molar-refractivity contribution in [3.63, 3.8) is 0 Å². The molecule has 21 heavy (non-hydrogen) atoms. The van der Waals surface area contributed by atoms with Crippen LogP contribution in [-0.2, 0) is 13.0 Å². The van der Waals surface area contributed by atoms with Crippen molar-refractivity contribution in [1.29, 1.82) is 0 Å². The molecule has 0 N–H and O–H groups in total. The number of aryl methyl sites for hydroxylation is 2. The quantitative estimate of drug-likeness (QED) is 0.615. The van der Waals surface area contributed by atoms with Crippen molar-refractivity contribution < 1.29 is 0 Å². The highest BCUT2D eigenvalue weighted by Crippen LogP contribution is 2.33. The summed E-state index contributed by atoms with van der Waals surface area (Å²) in [4.78, 5) is 0. The Labute approximate surface area is 126 Å². The summed E-state index contributed by atoms with van der Waals surface area (Å²) in [5.41, 5.74) is 5.84. The molecule has 4 rings (SSSR count). The Morgan fingerprint density at radius 3 is 2.95 bits per heavy atom. The molecule has 1 aliphatic carbocycles. The van der Waals surface area contributed by atoms with Crippen LogP contribution >= 0.6 is 0 Å². The minimum atomic E-state index is 0.658. The van der Waals surface area contributed by atoms with E-state index in [9.17, 15) is 0 Å². The SMILES string of the molecule is Cc1ccc2ccn(CC3CCCc4ccccc43)c2c1. The fourth-order valence-corrected chi connectivity index (χ4v) is 3.73. The molecule has 1 aromatic heterocycles. The predicted molar refractivity (Wildman–Crippen MR) is 88.8 cm³/mol. The van der Waals surface area contributed by atoms with Crippen LogP contribution in [0, 0.1) is 6.92 Å². The maximum Gasteiger partial charge on any atom is 0.0483 e. The summed E-state index contributed by atoms with van der Waals surface area (Å²) < 4.78 is 2.44. The van der Waals surface area contributed by atoms with E-state index in [-0.39, 0.29) is 0 Å². The average molecular weight is 275 g/mol. The molecule has 1 aliphatic rings. The molecule has 1 nitrogen and oxygen atoms in total. The normalized spacial score (nSPS) is 17.9. The van der Waals surface area contributed by atoms with Crippen molar-refractivity contribution in [3.8, 4) is 0 Å². The van der Waals surface area contributed by atoms with Crippen LogP contribution in [0.3, 0.4) is 0 Å². The highest BCUT2D eigenvalue weighted by molar-refractivity contribution is 5.80. The molecule has 0 bridgehead atoms. The zero-order chi connectivity index (χ0) is 14.2. The van der Waals surface area contributed by atoms with Crippen LogP contribution in [-0.4, -0.2) is 4.57 Å². The van der Waals surface area contributed by atoms with E-state index in [1.165, 1.54) is 35.7 Å². The Morgan fingerprint density at radius 1 is 1.10 bits per heavy atom. The largest absolute Gasteiger partial charge is 0.347 e. The number of hydrogen-bond acceptors (Lipinski definition) is 0. The van der Waals surface area contributed by atoms with Gasteiger partial charge in [0.1, 0.15) is 0 Å². The molecule has 3 aromatic rings. The smallest absolute Gasteiger partial charge is 0.0483 e. The Kier molecular flexibility index (Phi) is 3.07. The van der Waals surface area contributed by atoms with Gasteiger partial charge in [-0.25, -0.2) is 0 Å². The van der Waals surface area contributed by atoms with Crippen molar-refractivity contribution in [2.24, 2.45) is 0 Å². The van der Waals surface area contributed by atoms with Crippen LogP contribution in [0.1, 0.15) is 35.4 Å². The molecule has 2 aromatic carbocycles. The monoisotopic (exact) mass is 275 g/mol. The van der Waals surface area contributed by atoms with E-state index in [0.717, 1.165) is 6.54 Å². The molecule has 1 heterocycles. The number of nitrogens with zero attached hydrogens (tertiary/aromatic N) is 1. The maximum absolute atomic E-state index is 2.44. The van der Waals surface area contributed by atoms with Gasteiger partial charge in [-0.1, -0.05) is 36.4 Å². The summed E-state index contributed by atoms with van der Waals surface area (Å²) in [6.45, 7) is 3.27. The van der Waals surface area contributed by atoms with Crippen molar-refractivity contribution in [1.82, 2.24) is 4.57 Å². The highest BCUT2D eigenvalue weighted by Gasteiger charge is 2.20. The minimum absolute atomic E-state index is 0.658. The Hall–Kier alpha value is -2.02. The van der Waals surface area contributed by atoms with E-state index in [2.05, 4.69) is 66.2 Å². The second-order valence-corrected chi connectivity index (χ2v) is 6.32. The van der Waals surface area contributed by atoms with E-state index in [1.54, 1.807) is 11.1 Å². The topological polar surface area (TPSA) is 4.93 Å². The van der Waals surface area contributed by atoms with E-state index >= 15 is 0 Å². The lowest BCUT2D eigenvalue weighted by Crippen LogP contribution is -2.15. The minimum Gasteiger partial charge on any atom is -0.347 e. The van der Waals surface area contributed by atoms with Crippen LogP contribution < -0.4 is 0 Å². The molecule has 0 amide bonds. The molecular weight excluding hydrogens is 254 g/mol. The van der Waals surface area contributed by atoms with Gasteiger partial charge in [0.2, 0.25) is 0 Å². The number of hydrogen-bond donors (Lipinski definition) is 0. The molecule has 0 saturated heterocycles. The number of aromatic nitrogens is 1. The van der Waals surface area contributed by atoms with Crippen LogP contribution in [0.15, 0.2) is 54.7 Å². The van der Waals surface area contributed by atoms with Gasteiger partial charge in [0.25, 0.3) is 0 Å². The fraction of sp³-hybridized carbons (Fsp3) is 0.300. The zero-order valence-electron chi connectivity index (χ0n) is 12.5. The number of fused-ring (bicyclic) bond motifs is 2. The summed E-state index contributed by atoms with van der Waals surface area (Å²) in [6, 6.07) is 18.0. The van der Waals surface area contributed by atoms with Crippen molar-refractivity contribution in [2.45, 2.75) is 38.6 Å². The molecule has 106 valence electrons. The van der Waals surface area contributed by atoms with Crippen molar-refractivity contribution >= 4 is 10.9 Å². The lowest BCUT2D eigenvalue weighted by atomic mass is 9.83.